The van der Waals surface area contributed by atoms with Crippen molar-refractivity contribution < 1.29 is 152 Å². The van der Waals surface area contributed by atoms with Gasteiger partial charge in [-0.25, -0.2) is 37.9 Å². The normalized spacial score (nSPS) is 30.4. The second-order valence-electron chi connectivity index (χ2n) is 35.7. The van der Waals surface area contributed by atoms with Gasteiger partial charge < -0.3 is 104 Å². The first-order valence-electron chi connectivity index (χ1n) is 46.8. The van der Waals surface area contributed by atoms with E-state index in [1.54, 1.807) is 188 Å². The van der Waals surface area contributed by atoms with Crippen molar-refractivity contribution in [1.82, 2.24) is 60.0 Å². The van der Waals surface area contributed by atoms with Crippen LogP contribution in [-0.2, 0) is 186 Å². The van der Waals surface area contributed by atoms with Gasteiger partial charge in [0.1, 0.15) is 73.5 Å². The van der Waals surface area contributed by atoms with Gasteiger partial charge >= 0.3 is 59.7 Å². The molecule has 10 heterocycles. The molecule has 0 radical (unpaired) electrons. The molecule has 44 nitrogen and oxygen atoms in total. The Morgan fingerprint density at radius 1 is 0.361 bits per heavy atom. The third-order valence-corrected chi connectivity index (χ3v) is 27.1. The van der Waals surface area contributed by atoms with Crippen LogP contribution in [0.1, 0.15) is 154 Å². The number of esters is 10. The number of hydrogen-bond acceptors (Lipinski definition) is 40. The number of carbonyl (C=O) groups is 10. The molecule has 0 saturated carbocycles. The van der Waals surface area contributed by atoms with E-state index in [1.165, 1.54) is 53.3 Å². The van der Waals surface area contributed by atoms with E-state index in [0.717, 1.165) is 6.92 Å². The van der Waals surface area contributed by atoms with Gasteiger partial charge in [-0.1, -0.05) is 135 Å². The van der Waals surface area contributed by atoms with E-state index in [1.807, 2.05) is 0 Å². The van der Waals surface area contributed by atoms with Crippen LogP contribution in [0.15, 0.2) is 146 Å². The first-order valence-corrected chi connectivity index (χ1v) is 48.8. The predicted octanol–water partition coefficient (Wildman–Crippen LogP) is 8.75. The number of hydrogen-bond donors (Lipinski definition) is 0. The average Bonchev–Trinajstić information content (AvgIpc) is 1.59. The van der Waals surface area contributed by atoms with Crippen LogP contribution >= 0.6 is 46.4 Å². The smallest absolute Gasteiger partial charge is 0.338 e. The monoisotopic (exact) mass is 2090 g/mol. The number of nitrogens with zero attached hydrogens (tertiary/aromatic N) is 12. The summed E-state index contributed by atoms with van der Waals surface area (Å²) in [5, 5.41) is 33.3. The second-order valence-corrected chi connectivity index (χ2v) is 37.2. The summed E-state index contributed by atoms with van der Waals surface area (Å²) in [6, 6.07) is 32.9. The van der Waals surface area contributed by atoms with E-state index in [2.05, 4.69) is 41.2 Å². The summed E-state index contributed by atoms with van der Waals surface area (Å²) in [6.07, 6.45) is -15.7. The molecule has 14 rings (SSSR count). The number of halogens is 4. The lowest BCUT2D eigenvalue weighted by Crippen LogP contribution is -2.62. The highest BCUT2D eigenvalue weighted by Gasteiger charge is 2.63. The molecule has 6 aliphatic heterocycles. The van der Waals surface area contributed by atoms with Gasteiger partial charge in [0, 0.05) is 78.1 Å². The Balaban J connectivity index is 0.626. The quantitative estimate of drug-likeness (QED) is 0.0149. The number of ether oxygens (including phenoxy) is 22. The Kier molecular flexibility index (Phi) is 37.5. The van der Waals surface area contributed by atoms with Crippen molar-refractivity contribution in [2.75, 3.05) is 31.6 Å². The zero-order chi connectivity index (χ0) is 103. The van der Waals surface area contributed by atoms with Crippen molar-refractivity contribution in [3.05, 3.63) is 191 Å². The zero-order valence-electron chi connectivity index (χ0n) is 80.7. The summed E-state index contributed by atoms with van der Waals surface area (Å²) in [6.45, 7) is 16.5. The molecule has 28 atom stereocenters. The van der Waals surface area contributed by atoms with Crippen LogP contribution in [0.25, 0.3) is 0 Å². The minimum Gasteiger partial charge on any atom is -0.463 e. The van der Waals surface area contributed by atoms with E-state index >= 15 is 0 Å². The lowest BCUT2D eigenvalue weighted by Gasteiger charge is -2.45. The van der Waals surface area contributed by atoms with E-state index < -0.39 is 234 Å². The molecule has 4 aromatic carbocycles. The molecule has 4 aromatic heterocycles. The lowest BCUT2D eigenvalue weighted by molar-refractivity contribution is -0.358. The fourth-order valence-corrected chi connectivity index (χ4v) is 19.2. The molecule has 0 bridgehead atoms. The standard InChI is InChI=1S/C96H114Cl4N12O32/c1-13-70-77(100)83(130-59(10)116)85(131-60(11)117)94(133-70)144-96(48-98)86(132-61(12)118)52(3)73(141-96)42-109-40-69(104-105-109)45-127-92-84(140-90(122)65-32-24-17-25-33-65)78(137-87(119)62-26-18-14-19-27-62)51(2)71(134-92)36-66-38-111(107-101-66)49-123-34-35-124-50-112-39-67(102-108-112)37-72-82(139-89(121)64-30-22-16-23-31-64)79(138-88(120)63-28-20-15-21-29-63)54(5)91(135-72)126-44-68-41-110(106-103-68)43-74-81(129-58(9)115)55(6)95(47-97,142-74)143-93-80(128-57(8)114)53(4)76(99)75(136-93)46-125-56(7)113/h14-33,38-41,51-55,70-86,91-94H,13,34-37,42-50H2,1-12H3/t51-,52+,53-,54-,55-,70+,71+,72+,73+,74+,75+,76+,77-,78-,79+,80+,81-,82+,83-,84-,85+,86-,91+,92+,93-,94-,95-,96-/m0/s1. The topological polar surface area (TPSA) is 497 Å². The SMILES string of the molecule is CC[C@H]1O[C@@H](O[C@]2(CCl)O[C@H](Cn3cc(CO[C@@H]4O[C@H](Cc5cn(COCCOCn6cc(C[C@H]7O[C@@H](OCc8cn(C[C@H]9O[C@@](CCl)(O[C@@H]%10O[C@H](COC(C)=O)[C@H](Cl)[C@H](C)[C@H]%10OC(C)=O)[C@@H](C)[C@@H]9OC(C)=O)nn8)[C@@H](C)[C@@H](OC(=O)c8ccccc8)[C@@H]7OC(=O)c7ccccc7)nn6)nn5)[C@H](C)[C@H](OC(=O)c5ccccc5)[C@@H]4OC(=O)c4ccccc4)nn3)[C@@H](C)[C@@H]2OC(C)=O)[C@H](OC(C)=O)[C@@H](OC(C)=O)[C@H]1Cl. The molecule has 6 saturated heterocycles. The van der Waals surface area contributed by atoms with Crippen LogP contribution < -0.4 is 0 Å². The van der Waals surface area contributed by atoms with Crippen LogP contribution in [0.4, 0.5) is 0 Å². The number of alkyl halides is 4. The Morgan fingerprint density at radius 2 is 0.750 bits per heavy atom. The first kappa shape index (κ1) is 109. The van der Waals surface area contributed by atoms with Gasteiger partial charge in [-0.3, -0.25) is 28.8 Å². The van der Waals surface area contributed by atoms with Gasteiger partial charge in [0.15, 0.2) is 61.3 Å². The fourth-order valence-electron chi connectivity index (χ4n) is 17.9. The molecule has 6 aliphatic rings. The van der Waals surface area contributed by atoms with Crippen molar-refractivity contribution in [3.63, 3.8) is 0 Å². The summed E-state index contributed by atoms with van der Waals surface area (Å²) >= 11 is 27.1. The molecular weight excluding hydrogens is 1970 g/mol. The summed E-state index contributed by atoms with van der Waals surface area (Å²) in [5.74, 6) is -15.3. The minimum atomic E-state index is -1.98. The molecule has 0 spiro atoms. The largest absolute Gasteiger partial charge is 0.463 e. The molecular formula is C96H114Cl4N12O32. The summed E-state index contributed by atoms with van der Waals surface area (Å²) in [5.41, 5.74) is 2.06. The molecule has 48 heteroatoms. The molecule has 778 valence electrons. The average molecular weight is 2090 g/mol. The van der Waals surface area contributed by atoms with Gasteiger partial charge in [-0.05, 0) is 55.0 Å². The van der Waals surface area contributed by atoms with Gasteiger partial charge in [0.05, 0.1) is 139 Å². The Bertz CT molecular complexity index is 5650. The molecule has 0 aliphatic carbocycles. The van der Waals surface area contributed by atoms with Crippen molar-refractivity contribution >= 4 is 106 Å². The van der Waals surface area contributed by atoms with Crippen molar-refractivity contribution in [2.45, 2.75) is 281 Å². The highest BCUT2D eigenvalue weighted by atomic mass is 35.5. The van der Waals surface area contributed by atoms with Gasteiger partial charge in [-0.15, -0.1) is 66.8 Å². The molecule has 8 aromatic rings. The Hall–Kier alpha value is -11.2. The van der Waals surface area contributed by atoms with E-state index in [0.29, 0.717) is 17.8 Å². The van der Waals surface area contributed by atoms with Crippen molar-refractivity contribution in [3.8, 4) is 0 Å². The van der Waals surface area contributed by atoms with E-state index in [4.69, 9.17) is 151 Å². The molecule has 0 amide bonds. The molecule has 0 N–H and O–H groups in total. The van der Waals surface area contributed by atoms with Crippen LogP contribution in [0.5, 0.6) is 0 Å². The summed E-state index contributed by atoms with van der Waals surface area (Å²) in [7, 11) is 0. The van der Waals surface area contributed by atoms with Gasteiger partial charge in [0.2, 0.25) is 12.1 Å². The third kappa shape index (κ3) is 27.2. The maximum Gasteiger partial charge on any atom is 0.338 e. The summed E-state index contributed by atoms with van der Waals surface area (Å²) in [4.78, 5) is 132. The lowest BCUT2D eigenvalue weighted by atomic mass is 9.88. The first-order chi connectivity index (χ1) is 69.1. The van der Waals surface area contributed by atoms with E-state index in [-0.39, 0.29) is 112 Å². The summed E-state index contributed by atoms with van der Waals surface area (Å²) < 4.78 is 143. The fraction of sp³-hybridized carbons (Fsp3) is 0.562. The van der Waals surface area contributed by atoms with Crippen molar-refractivity contribution in [1.29, 1.82) is 0 Å². The van der Waals surface area contributed by atoms with E-state index in [9.17, 15) is 47.9 Å². The highest BCUT2D eigenvalue weighted by Crippen LogP contribution is 2.48. The van der Waals surface area contributed by atoms with Gasteiger partial charge in [-0.2, -0.15) is 0 Å². The molecule has 6 fully saturated rings. The van der Waals surface area contributed by atoms with Crippen LogP contribution in [0.2, 0.25) is 0 Å². The van der Waals surface area contributed by atoms with Crippen LogP contribution in [0, 0.1) is 29.6 Å². The third-order valence-electron chi connectivity index (χ3n) is 25.1. The maximum absolute atomic E-state index is 14.2. The number of carbonyl (C=O) groups excluding carboxylic acids is 10. The predicted molar refractivity (Wildman–Crippen MR) is 495 cm³/mol. The van der Waals surface area contributed by atoms with Gasteiger partial charge in [0.25, 0.3) is 0 Å². The Labute approximate surface area is 847 Å². The Morgan fingerprint density at radius 3 is 1.24 bits per heavy atom. The van der Waals surface area contributed by atoms with Crippen molar-refractivity contribution in [2.24, 2.45) is 29.6 Å². The zero-order valence-corrected chi connectivity index (χ0v) is 83.7. The second kappa shape index (κ2) is 49.8. The molecule has 144 heavy (non-hydrogen) atoms. The highest BCUT2D eigenvalue weighted by molar-refractivity contribution is 6.22. The number of aromatic nitrogens is 12. The maximum atomic E-state index is 14.2. The minimum absolute atomic E-state index is 0.0394. The van der Waals surface area contributed by atoms with Crippen LogP contribution in [0.3, 0.4) is 0 Å². The van der Waals surface area contributed by atoms with Crippen LogP contribution in [-0.4, -0.2) is 290 Å². The number of benzene rings is 4. The number of rotatable bonds is 43. The molecule has 0 unspecified atom stereocenters.